The summed E-state index contributed by atoms with van der Waals surface area (Å²) in [6, 6.07) is 6.47. The minimum Gasteiger partial charge on any atom is -0.465 e. The number of esters is 1. The number of anilines is 1. The number of nitrogens with one attached hydrogen (secondary N) is 1. The van der Waals surface area contributed by atoms with Crippen molar-refractivity contribution in [3.63, 3.8) is 0 Å². The second-order valence-electron chi connectivity index (χ2n) is 10.7. The van der Waals surface area contributed by atoms with Crippen LogP contribution < -0.4 is 5.32 Å². The second kappa shape index (κ2) is 11.2. The highest BCUT2D eigenvalue weighted by molar-refractivity contribution is 6.39. The number of nitrogens with zero attached hydrogens (tertiary/aromatic N) is 2. The number of halogens is 4. The fourth-order valence-electron chi connectivity index (χ4n) is 5.97. The Morgan fingerprint density at radius 2 is 1.71 bits per heavy atom. The lowest BCUT2D eigenvalue weighted by atomic mass is 9.99. The third kappa shape index (κ3) is 5.40. The molecule has 3 fully saturated rings. The maximum absolute atomic E-state index is 14.4. The van der Waals surface area contributed by atoms with Crippen LogP contribution >= 0.6 is 23.2 Å². The number of amides is 2. The fraction of sp³-hybridized carbons (Fsp3) is 0.414. The molecule has 2 atom stereocenters. The summed E-state index contributed by atoms with van der Waals surface area (Å²) in [5.74, 6) is -2.25. The van der Waals surface area contributed by atoms with Crippen molar-refractivity contribution in [3.05, 3.63) is 68.9 Å². The zero-order valence-electron chi connectivity index (χ0n) is 22.1. The van der Waals surface area contributed by atoms with E-state index in [9.17, 15) is 18.4 Å². The number of urea groups is 1. The number of ether oxygens (including phenoxy) is 2. The van der Waals surface area contributed by atoms with Gasteiger partial charge in [-0.2, -0.15) is 0 Å². The normalized spacial score (nSPS) is 21.7. The fourth-order valence-corrected chi connectivity index (χ4v) is 6.55. The van der Waals surface area contributed by atoms with E-state index in [1.54, 1.807) is 23.1 Å². The SMILES string of the molecule is COC(=O)c1c(F)cc(NC(=O)N2C3CCC2CC(OCc2c(-c4c(Cl)cccc4Cl)noc2C2CC2)C3)cc1F. The average molecular weight is 606 g/mol. The van der Waals surface area contributed by atoms with Gasteiger partial charge in [0.25, 0.3) is 0 Å². The lowest BCUT2D eigenvalue weighted by Gasteiger charge is -2.38. The van der Waals surface area contributed by atoms with Gasteiger partial charge in [-0.3, -0.25) is 0 Å². The highest BCUT2D eigenvalue weighted by atomic mass is 35.5. The van der Waals surface area contributed by atoms with Gasteiger partial charge in [0.1, 0.15) is 28.7 Å². The van der Waals surface area contributed by atoms with Crippen LogP contribution in [0.4, 0.5) is 19.3 Å². The number of hydrogen-bond acceptors (Lipinski definition) is 6. The van der Waals surface area contributed by atoms with Crippen LogP contribution in [-0.2, 0) is 16.1 Å². The number of rotatable bonds is 7. The Bertz CT molecular complexity index is 1450. The van der Waals surface area contributed by atoms with Crippen molar-refractivity contribution in [1.82, 2.24) is 10.1 Å². The number of aromatic nitrogens is 1. The van der Waals surface area contributed by atoms with E-state index >= 15 is 0 Å². The van der Waals surface area contributed by atoms with Crippen molar-refractivity contribution >= 4 is 40.9 Å². The first-order valence-electron chi connectivity index (χ1n) is 13.5. The summed E-state index contributed by atoms with van der Waals surface area (Å²) in [7, 11) is 1.03. The largest absolute Gasteiger partial charge is 0.465 e. The summed E-state index contributed by atoms with van der Waals surface area (Å²) in [5, 5.41) is 7.85. The average Bonchev–Trinajstić information content (AvgIpc) is 3.63. The van der Waals surface area contributed by atoms with Gasteiger partial charge >= 0.3 is 12.0 Å². The van der Waals surface area contributed by atoms with E-state index in [4.69, 9.17) is 32.5 Å². The quantitative estimate of drug-likeness (QED) is 0.283. The van der Waals surface area contributed by atoms with Gasteiger partial charge in [0.2, 0.25) is 0 Å². The van der Waals surface area contributed by atoms with E-state index in [2.05, 4.69) is 15.2 Å². The first kappa shape index (κ1) is 27.9. The van der Waals surface area contributed by atoms with Crippen molar-refractivity contribution in [1.29, 1.82) is 0 Å². The van der Waals surface area contributed by atoms with Crippen LogP contribution in [-0.4, -0.2) is 47.4 Å². The van der Waals surface area contributed by atoms with Crippen molar-refractivity contribution in [2.24, 2.45) is 0 Å². The summed E-state index contributed by atoms with van der Waals surface area (Å²) in [5.41, 5.74) is 1.15. The molecule has 3 aliphatic rings. The summed E-state index contributed by atoms with van der Waals surface area (Å²) in [6.45, 7) is 0.271. The van der Waals surface area contributed by atoms with Crippen LogP contribution in [0.2, 0.25) is 10.0 Å². The molecule has 41 heavy (non-hydrogen) atoms. The van der Waals surface area contributed by atoms with Crippen molar-refractivity contribution < 1.29 is 32.4 Å². The molecule has 3 aromatic rings. The first-order valence-corrected chi connectivity index (χ1v) is 14.2. The molecule has 8 nitrogen and oxygen atoms in total. The topological polar surface area (TPSA) is 93.9 Å². The van der Waals surface area contributed by atoms with Gasteiger partial charge < -0.3 is 24.2 Å². The molecule has 2 saturated heterocycles. The number of fused-ring (bicyclic) bond motifs is 2. The van der Waals surface area contributed by atoms with Gasteiger partial charge in [0.05, 0.1) is 29.9 Å². The molecule has 2 aliphatic heterocycles. The summed E-state index contributed by atoms with van der Waals surface area (Å²) in [4.78, 5) is 26.5. The lowest BCUT2D eigenvalue weighted by Crippen LogP contribution is -2.50. The molecule has 1 aromatic heterocycles. The van der Waals surface area contributed by atoms with Crippen LogP contribution in [0.5, 0.6) is 0 Å². The van der Waals surface area contributed by atoms with E-state index in [1.807, 2.05) is 0 Å². The summed E-state index contributed by atoms with van der Waals surface area (Å²) in [6.07, 6.45) is 4.75. The molecule has 1 N–H and O–H groups in total. The molecule has 6 rings (SSSR count). The zero-order valence-corrected chi connectivity index (χ0v) is 23.6. The van der Waals surface area contributed by atoms with Crippen LogP contribution in [0.25, 0.3) is 11.3 Å². The van der Waals surface area contributed by atoms with Gasteiger partial charge in [0.15, 0.2) is 0 Å². The van der Waals surface area contributed by atoms with E-state index in [-0.39, 0.29) is 30.5 Å². The predicted octanol–water partition coefficient (Wildman–Crippen LogP) is 7.33. The Kier molecular flexibility index (Phi) is 7.65. The second-order valence-corrected chi connectivity index (χ2v) is 11.5. The van der Waals surface area contributed by atoms with Crippen molar-refractivity contribution in [2.75, 3.05) is 12.4 Å². The van der Waals surface area contributed by atoms with E-state index < -0.39 is 29.2 Å². The Labute approximate surface area is 244 Å². The van der Waals surface area contributed by atoms with Gasteiger partial charge in [-0.05, 0) is 62.8 Å². The molecule has 2 amide bonds. The number of carbonyl (C=O) groups is 2. The molecular weight excluding hydrogens is 579 g/mol. The number of carbonyl (C=O) groups excluding carboxylic acids is 2. The molecule has 2 unspecified atom stereocenters. The van der Waals surface area contributed by atoms with Crippen LogP contribution in [0.15, 0.2) is 34.9 Å². The molecule has 12 heteroatoms. The molecule has 3 heterocycles. The molecule has 2 aromatic carbocycles. The molecular formula is C29H27Cl2F2N3O5. The standard InChI is InChI=1S/C29H27Cl2F2N3O5/c1-39-28(37)25-22(32)9-15(10-23(25)33)34-29(38)36-16-7-8-17(36)12-18(11-16)40-13-19-26(35-41-27(19)14-5-6-14)24-20(30)3-2-4-21(24)31/h2-4,9-10,14,16-18H,5-8,11-13H2,1H3,(H,34,38). The minimum atomic E-state index is -1.13. The lowest BCUT2D eigenvalue weighted by molar-refractivity contribution is -0.0158. The van der Waals surface area contributed by atoms with Gasteiger partial charge in [-0.25, -0.2) is 18.4 Å². The minimum absolute atomic E-state index is 0.0822. The number of benzene rings is 2. The Balaban J connectivity index is 1.14. The van der Waals surface area contributed by atoms with E-state index in [0.29, 0.717) is 40.1 Å². The highest BCUT2D eigenvalue weighted by Gasteiger charge is 2.44. The van der Waals surface area contributed by atoms with E-state index in [1.165, 1.54) is 0 Å². The maximum atomic E-state index is 14.4. The third-order valence-corrected chi connectivity index (χ3v) is 8.67. The van der Waals surface area contributed by atoms with Crippen molar-refractivity contribution in [2.45, 2.75) is 69.2 Å². The zero-order chi connectivity index (χ0) is 28.8. The highest BCUT2D eigenvalue weighted by Crippen LogP contribution is 2.46. The van der Waals surface area contributed by atoms with Crippen molar-refractivity contribution in [3.8, 4) is 11.3 Å². The smallest absolute Gasteiger partial charge is 0.343 e. The first-order chi connectivity index (χ1) is 19.7. The van der Waals surface area contributed by atoms with Crippen LogP contribution in [0.1, 0.15) is 66.1 Å². The molecule has 216 valence electrons. The summed E-state index contributed by atoms with van der Waals surface area (Å²) >= 11 is 12.9. The van der Waals surface area contributed by atoms with Gasteiger partial charge in [0, 0.05) is 34.8 Å². The van der Waals surface area contributed by atoms with Crippen LogP contribution in [0.3, 0.4) is 0 Å². The number of piperidine rings is 1. The number of methoxy groups -OCH3 is 1. The van der Waals surface area contributed by atoms with E-state index in [0.717, 1.165) is 56.2 Å². The van der Waals surface area contributed by atoms with Gasteiger partial charge in [-0.15, -0.1) is 0 Å². The van der Waals surface area contributed by atoms with Crippen LogP contribution in [0, 0.1) is 11.6 Å². The maximum Gasteiger partial charge on any atom is 0.343 e. The Hall–Kier alpha value is -3.21. The van der Waals surface area contributed by atoms with Gasteiger partial charge in [-0.1, -0.05) is 34.4 Å². The Morgan fingerprint density at radius 3 is 2.29 bits per heavy atom. The number of hydrogen-bond donors (Lipinski definition) is 1. The molecule has 0 spiro atoms. The predicted molar refractivity (Wildman–Crippen MR) is 147 cm³/mol. The Morgan fingerprint density at radius 1 is 1.07 bits per heavy atom. The molecule has 1 aliphatic carbocycles. The third-order valence-electron chi connectivity index (χ3n) is 8.04. The molecule has 2 bridgehead atoms. The summed E-state index contributed by atoms with van der Waals surface area (Å²) < 4.78 is 45.3. The molecule has 0 radical (unpaired) electrons. The monoisotopic (exact) mass is 605 g/mol. The molecule has 1 saturated carbocycles.